The van der Waals surface area contributed by atoms with Crippen molar-refractivity contribution in [3.8, 4) is 11.5 Å². The molecule has 0 atom stereocenters. The van der Waals surface area contributed by atoms with Gasteiger partial charge >= 0.3 is 0 Å². The van der Waals surface area contributed by atoms with Gasteiger partial charge in [-0.3, -0.25) is 4.79 Å². The molecule has 0 spiro atoms. The summed E-state index contributed by atoms with van der Waals surface area (Å²) < 4.78 is 38.2. The van der Waals surface area contributed by atoms with Gasteiger partial charge in [-0.25, -0.2) is 13.1 Å². The van der Waals surface area contributed by atoms with E-state index in [0.717, 1.165) is 10.0 Å². The van der Waals surface area contributed by atoms with Crippen LogP contribution in [0.25, 0.3) is 0 Å². The third-order valence-corrected chi connectivity index (χ3v) is 7.13. The molecule has 0 unspecified atom stereocenters. The van der Waals surface area contributed by atoms with Crippen molar-refractivity contribution in [2.45, 2.75) is 17.7 Å². The Balaban J connectivity index is 1.51. The molecule has 170 valence electrons. The van der Waals surface area contributed by atoms with Crippen LogP contribution in [0.1, 0.15) is 17.0 Å². The number of anilines is 1. The molecule has 9 nitrogen and oxygen atoms in total. The highest BCUT2D eigenvalue weighted by atomic mass is 79.9. The van der Waals surface area contributed by atoms with Crippen LogP contribution < -0.4 is 19.5 Å². The number of aromatic nitrogens is 2. The molecule has 1 amide bonds. The van der Waals surface area contributed by atoms with Crippen molar-refractivity contribution in [2.24, 2.45) is 0 Å². The Bertz CT molecular complexity index is 1180. The lowest BCUT2D eigenvalue weighted by Crippen LogP contribution is -2.27. The Morgan fingerprint density at radius 1 is 1.06 bits per heavy atom. The minimum absolute atomic E-state index is 0.0401. The van der Waals surface area contributed by atoms with E-state index in [4.69, 9.17) is 9.47 Å². The SMILES string of the molecule is COc1ccc(Cc2nnc(NC(=O)CCNS(=O)(=O)c3ccc(Br)cc3)s2)cc1OC. The summed E-state index contributed by atoms with van der Waals surface area (Å²) in [6, 6.07) is 11.8. The maximum Gasteiger partial charge on any atom is 0.240 e. The van der Waals surface area contributed by atoms with Gasteiger partial charge in [-0.2, -0.15) is 0 Å². The first-order valence-corrected chi connectivity index (χ1v) is 12.5. The number of hydrogen-bond donors (Lipinski definition) is 2. The summed E-state index contributed by atoms with van der Waals surface area (Å²) in [5.74, 6) is 0.892. The summed E-state index contributed by atoms with van der Waals surface area (Å²) in [5.41, 5.74) is 0.957. The van der Waals surface area contributed by atoms with Crippen LogP contribution in [-0.2, 0) is 21.2 Å². The minimum atomic E-state index is -3.68. The number of nitrogens with one attached hydrogen (secondary N) is 2. The van der Waals surface area contributed by atoms with Crippen molar-refractivity contribution >= 4 is 48.3 Å². The average Bonchev–Trinajstić information content (AvgIpc) is 3.20. The van der Waals surface area contributed by atoms with Crippen LogP contribution in [0.4, 0.5) is 5.13 Å². The maximum absolute atomic E-state index is 12.3. The number of carbonyl (C=O) groups excluding carboxylic acids is 1. The zero-order valence-corrected chi connectivity index (χ0v) is 20.5. The highest BCUT2D eigenvalue weighted by Gasteiger charge is 2.15. The molecule has 3 rings (SSSR count). The Kier molecular flexibility index (Phi) is 8.18. The van der Waals surface area contributed by atoms with Gasteiger partial charge in [-0.1, -0.05) is 33.3 Å². The van der Waals surface area contributed by atoms with Gasteiger partial charge in [-0.05, 0) is 42.0 Å². The van der Waals surface area contributed by atoms with Crippen molar-refractivity contribution in [1.29, 1.82) is 0 Å². The molecule has 0 fully saturated rings. The monoisotopic (exact) mass is 540 g/mol. The number of halogens is 1. The van der Waals surface area contributed by atoms with Crippen LogP contribution in [-0.4, -0.2) is 45.3 Å². The first-order valence-electron chi connectivity index (χ1n) is 9.39. The second-order valence-electron chi connectivity index (χ2n) is 6.52. The van der Waals surface area contributed by atoms with Gasteiger partial charge in [0.1, 0.15) is 5.01 Å². The van der Waals surface area contributed by atoms with E-state index in [0.29, 0.717) is 28.1 Å². The van der Waals surface area contributed by atoms with Crippen LogP contribution in [0.2, 0.25) is 0 Å². The summed E-state index contributed by atoms with van der Waals surface area (Å²) in [6.07, 6.45) is 0.473. The van der Waals surface area contributed by atoms with Gasteiger partial charge in [0.05, 0.1) is 19.1 Å². The number of ether oxygens (including phenoxy) is 2. The van der Waals surface area contributed by atoms with E-state index in [-0.39, 0.29) is 23.8 Å². The predicted octanol–water partition coefficient (Wildman–Crippen LogP) is 3.22. The van der Waals surface area contributed by atoms with Crippen molar-refractivity contribution in [2.75, 3.05) is 26.1 Å². The lowest BCUT2D eigenvalue weighted by atomic mass is 10.1. The molecule has 1 aromatic heterocycles. The lowest BCUT2D eigenvalue weighted by molar-refractivity contribution is -0.116. The van der Waals surface area contributed by atoms with E-state index in [2.05, 4.69) is 36.2 Å². The molecule has 3 aromatic rings. The Labute approximate surface area is 198 Å². The van der Waals surface area contributed by atoms with E-state index in [9.17, 15) is 13.2 Å². The summed E-state index contributed by atoms with van der Waals surface area (Å²) in [6.45, 7) is -0.0401. The molecule has 0 saturated heterocycles. The number of sulfonamides is 1. The number of rotatable bonds is 10. The van der Waals surface area contributed by atoms with E-state index in [1.54, 1.807) is 26.4 Å². The van der Waals surface area contributed by atoms with Crippen LogP contribution in [0, 0.1) is 0 Å². The number of methoxy groups -OCH3 is 2. The molecule has 1 heterocycles. The highest BCUT2D eigenvalue weighted by Crippen LogP contribution is 2.29. The molecular weight excluding hydrogens is 520 g/mol. The molecule has 2 aromatic carbocycles. The third-order valence-electron chi connectivity index (χ3n) is 4.28. The number of nitrogens with zero attached hydrogens (tertiary/aromatic N) is 2. The second kappa shape index (κ2) is 10.9. The largest absolute Gasteiger partial charge is 0.493 e. The second-order valence-corrected chi connectivity index (χ2v) is 10.3. The fourth-order valence-corrected chi connectivity index (χ4v) is 4.80. The zero-order valence-electron chi connectivity index (χ0n) is 17.3. The number of hydrogen-bond acceptors (Lipinski definition) is 8. The minimum Gasteiger partial charge on any atom is -0.493 e. The number of benzene rings is 2. The van der Waals surface area contributed by atoms with Crippen molar-refractivity contribution in [3.05, 3.63) is 57.5 Å². The third kappa shape index (κ3) is 6.48. The van der Waals surface area contributed by atoms with Gasteiger partial charge < -0.3 is 14.8 Å². The Morgan fingerprint density at radius 3 is 2.47 bits per heavy atom. The summed E-state index contributed by atoms with van der Waals surface area (Å²) in [5, 5.41) is 11.8. The van der Waals surface area contributed by atoms with E-state index < -0.39 is 10.0 Å². The summed E-state index contributed by atoms with van der Waals surface area (Å²) in [4.78, 5) is 12.3. The molecule has 0 bridgehead atoms. The normalized spacial score (nSPS) is 11.2. The van der Waals surface area contributed by atoms with E-state index in [1.807, 2.05) is 18.2 Å². The molecule has 0 saturated carbocycles. The van der Waals surface area contributed by atoms with Gasteiger partial charge in [0, 0.05) is 23.9 Å². The predicted molar refractivity (Wildman–Crippen MR) is 125 cm³/mol. The van der Waals surface area contributed by atoms with Gasteiger partial charge in [0.15, 0.2) is 11.5 Å². The number of amides is 1. The first kappa shape index (κ1) is 24.1. The topological polar surface area (TPSA) is 120 Å². The van der Waals surface area contributed by atoms with E-state index in [1.165, 1.54) is 23.5 Å². The van der Waals surface area contributed by atoms with E-state index >= 15 is 0 Å². The molecule has 32 heavy (non-hydrogen) atoms. The van der Waals surface area contributed by atoms with Gasteiger partial charge in [-0.15, -0.1) is 10.2 Å². The quantitative estimate of drug-likeness (QED) is 0.405. The first-order chi connectivity index (χ1) is 15.3. The highest BCUT2D eigenvalue weighted by molar-refractivity contribution is 9.10. The zero-order chi connectivity index (χ0) is 23.1. The van der Waals surface area contributed by atoms with Gasteiger partial charge in [0.2, 0.25) is 21.1 Å². The van der Waals surface area contributed by atoms with Crippen LogP contribution in [0.5, 0.6) is 11.5 Å². The fourth-order valence-electron chi connectivity index (χ4n) is 2.72. The van der Waals surface area contributed by atoms with Crippen LogP contribution in [0.15, 0.2) is 51.8 Å². The van der Waals surface area contributed by atoms with Crippen molar-refractivity contribution < 1.29 is 22.7 Å². The molecule has 0 radical (unpaired) electrons. The molecule has 0 aliphatic rings. The molecule has 0 aliphatic carbocycles. The Morgan fingerprint density at radius 2 is 1.78 bits per heavy atom. The van der Waals surface area contributed by atoms with Crippen LogP contribution >= 0.6 is 27.3 Å². The molecular formula is C20H21BrN4O5S2. The Hall–Kier alpha value is -2.54. The summed E-state index contributed by atoms with van der Waals surface area (Å²) >= 11 is 4.51. The molecule has 0 aliphatic heterocycles. The average molecular weight is 541 g/mol. The standard InChI is InChI=1S/C20H21BrN4O5S2/c1-29-16-8-3-13(11-17(16)30-2)12-19-24-25-20(31-19)23-18(26)9-10-22-32(27,28)15-6-4-14(21)5-7-15/h3-8,11,22H,9-10,12H2,1-2H3,(H,23,25,26). The van der Waals surface area contributed by atoms with Gasteiger partial charge in [0.25, 0.3) is 0 Å². The van der Waals surface area contributed by atoms with Crippen molar-refractivity contribution in [3.63, 3.8) is 0 Å². The van der Waals surface area contributed by atoms with Crippen molar-refractivity contribution in [1.82, 2.24) is 14.9 Å². The smallest absolute Gasteiger partial charge is 0.240 e. The summed E-state index contributed by atoms with van der Waals surface area (Å²) in [7, 11) is -0.541. The maximum atomic E-state index is 12.3. The lowest BCUT2D eigenvalue weighted by Gasteiger charge is -2.08. The van der Waals surface area contributed by atoms with Crippen LogP contribution in [0.3, 0.4) is 0 Å². The molecule has 12 heteroatoms. The fraction of sp³-hybridized carbons (Fsp3) is 0.250. The molecule has 2 N–H and O–H groups in total. The number of carbonyl (C=O) groups is 1.